The Hall–Kier alpha value is -2.82. The number of halogens is 1. The summed E-state index contributed by atoms with van der Waals surface area (Å²) in [5, 5.41) is 4.03. The molecule has 1 amide bonds. The van der Waals surface area contributed by atoms with Gasteiger partial charge >= 0.3 is 0 Å². The van der Waals surface area contributed by atoms with Gasteiger partial charge < -0.3 is 10.1 Å². The largest absolute Gasteiger partial charge is 0.456 e. The minimum atomic E-state index is -0.347. The number of carbonyl (C=O) groups is 1. The molecule has 5 rings (SSSR count). The third-order valence-electron chi connectivity index (χ3n) is 7.51. The maximum atomic E-state index is 13.5. The van der Waals surface area contributed by atoms with Crippen molar-refractivity contribution in [1.29, 1.82) is 0 Å². The molecule has 0 bridgehead atoms. The second-order valence-corrected chi connectivity index (χ2v) is 10.3. The van der Waals surface area contributed by atoms with Gasteiger partial charge in [0.1, 0.15) is 11.5 Å². The molecular formula is C30H33ClN2O2. The van der Waals surface area contributed by atoms with Gasteiger partial charge in [-0.25, -0.2) is 0 Å². The number of para-hydroxylation sites is 1. The molecule has 1 aliphatic heterocycles. The number of hydrogen-bond donors (Lipinski definition) is 1. The number of ether oxygens (including phenoxy) is 1. The molecule has 1 saturated heterocycles. The number of rotatable bonds is 7. The lowest BCUT2D eigenvalue weighted by molar-refractivity contribution is -0.127. The predicted molar refractivity (Wildman–Crippen MR) is 141 cm³/mol. The molecule has 2 aliphatic rings. The SMILES string of the molecule is O=C(NC1CCN(Cc2cccc(Oc3ccccc3Cl)c2)CC1)C1(c2ccccc2)CCCC1. The van der Waals surface area contributed by atoms with E-state index in [9.17, 15) is 4.79 Å². The maximum Gasteiger partial charge on any atom is 0.230 e. The van der Waals surface area contributed by atoms with Crippen LogP contribution < -0.4 is 10.1 Å². The van der Waals surface area contributed by atoms with Crippen molar-refractivity contribution in [3.05, 3.63) is 95.0 Å². The van der Waals surface area contributed by atoms with E-state index in [-0.39, 0.29) is 17.4 Å². The van der Waals surface area contributed by atoms with Crippen LogP contribution in [0.15, 0.2) is 78.9 Å². The molecule has 1 saturated carbocycles. The standard InChI is InChI=1S/C30H33ClN2O2/c31-27-13-4-5-14-28(27)35-26-12-8-9-23(21-26)22-33-19-15-25(16-20-33)32-29(34)30(17-6-7-18-30)24-10-2-1-3-11-24/h1-5,8-14,21,25H,6-7,15-20,22H2,(H,32,34). The highest BCUT2D eigenvalue weighted by Crippen LogP contribution is 2.41. The molecule has 3 aromatic rings. The van der Waals surface area contributed by atoms with Gasteiger partial charge in [0.05, 0.1) is 10.4 Å². The molecule has 4 nitrogen and oxygen atoms in total. The normalized spacial score (nSPS) is 18.3. The third-order valence-corrected chi connectivity index (χ3v) is 7.82. The molecule has 0 radical (unpaired) electrons. The van der Waals surface area contributed by atoms with Crippen LogP contribution in [-0.4, -0.2) is 29.9 Å². The predicted octanol–water partition coefficient (Wildman–Crippen LogP) is 6.72. The average molecular weight is 489 g/mol. The Balaban J connectivity index is 1.15. The van der Waals surface area contributed by atoms with Crippen molar-refractivity contribution in [3.8, 4) is 11.5 Å². The van der Waals surface area contributed by atoms with Crippen molar-refractivity contribution in [3.63, 3.8) is 0 Å². The second kappa shape index (κ2) is 10.8. The van der Waals surface area contributed by atoms with Crippen molar-refractivity contribution >= 4 is 17.5 Å². The lowest BCUT2D eigenvalue weighted by Crippen LogP contribution is -2.50. The Morgan fingerprint density at radius 2 is 1.66 bits per heavy atom. The molecule has 182 valence electrons. The van der Waals surface area contributed by atoms with Crippen LogP contribution in [-0.2, 0) is 16.8 Å². The van der Waals surface area contributed by atoms with Crippen molar-refractivity contribution in [2.75, 3.05) is 13.1 Å². The monoisotopic (exact) mass is 488 g/mol. The van der Waals surface area contributed by atoms with Crippen LogP contribution in [0.4, 0.5) is 0 Å². The first-order chi connectivity index (χ1) is 17.1. The number of amides is 1. The fourth-order valence-electron chi connectivity index (χ4n) is 5.56. The van der Waals surface area contributed by atoms with Gasteiger partial charge in [-0.05, 0) is 61.1 Å². The molecule has 1 aliphatic carbocycles. The molecule has 0 atom stereocenters. The van der Waals surface area contributed by atoms with Gasteiger partial charge in [-0.1, -0.05) is 79.0 Å². The molecular weight excluding hydrogens is 456 g/mol. The van der Waals surface area contributed by atoms with Crippen molar-refractivity contribution in [2.24, 2.45) is 0 Å². The van der Waals surface area contributed by atoms with E-state index in [4.69, 9.17) is 16.3 Å². The zero-order valence-electron chi connectivity index (χ0n) is 20.1. The lowest BCUT2D eigenvalue weighted by Gasteiger charge is -2.35. The van der Waals surface area contributed by atoms with E-state index in [1.54, 1.807) is 0 Å². The van der Waals surface area contributed by atoms with Gasteiger partial charge in [-0.15, -0.1) is 0 Å². The van der Waals surface area contributed by atoms with Crippen LogP contribution in [0.5, 0.6) is 11.5 Å². The Labute approximate surface area is 213 Å². The van der Waals surface area contributed by atoms with Gasteiger partial charge in [0, 0.05) is 25.7 Å². The zero-order valence-corrected chi connectivity index (χ0v) is 20.8. The highest BCUT2D eigenvalue weighted by atomic mass is 35.5. The molecule has 2 fully saturated rings. The first kappa shape index (κ1) is 23.9. The third kappa shape index (κ3) is 5.55. The average Bonchev–Trinajstić information content (AvgIpc) is 3.39. The van der Waals surface area contributed by atoms with Crippen LogP contribution in [0, 0.1) is 0 Å². The zero-order chi connectivity index (χ0) is 24.1. The fourth-order valence-corrected chi connectivity index (χ4v) is 5.74. The number of benzene rings is 3. The van der Waals surface area contributed by atoms with E-state index in [2.05, 4.69) is 46.6 Å². The van der Waals surface area contributed by atoms with Crippen LogP contribution in [0.25, 0.3) is 0 Å². The van der Waals surface area contributed by atoms with E-state index in [0.717, 1.165) is 63.9 Å². The van der Waals surface area contributed by atoms with Gasteiger partial charge in [0.15, 0.2) is 0 Å². The van der Waals surface area contributed by atoms with Crippen LogP contribution >= 0.6 is 11.6 Å². The quantitative estimate of drug-likeness (QED) is 0.401. The fraction of sp³-hybridized carbons (Fsp3) is 0.367. The first-order valence-corrected chi connectivity index (χ1v) is 13.1. The van der Waals surface area contributed by atoms with Crippen molar-refractivity contribution < 1.29 is 9.53 Å². The second-order valence-electron chi connectivity index (χ2n) is 9.86. The van der Waals surface area contributed by atoms with Gasteiger partial charge in [-0.3, -0.25) is 9.69 Å². The summed E-state index contributed by atoms with van der Waals surface area (Å²) in [5.74, 6) is 1.68. The van der Waals surface area contributed by atoms with E-state index < -0.39 is 0 Å². The van der Waals surface area contributed by atoms with Crippen molar-refractivity contribution in [1.82, 2.24) is 10.2 Å². The summed E-state index contributed by atoms with van der Waals surface area (Å²) in [6.07, 6.45) is 6.11. The lowest BCUT2D eigenvalue weighted by atomic mass is 9.77. The van der Waals surface area contributed by atoms with Crippen LogP contribution in [0.3, 0.4) is 0 Å². The molecule has 1 N–H and O–H groups in total. The van der Waals surface area contributed by atoms with Gasteiger partial charge in [0.25, 0.3) is 0 Å². The Morgan fingerprint density at radius 1 is 0.943 bits per heavy atom. The first-order valence-electron chi connectivity index (χ1n) is 12.7. The summed E-state index contributed by atoms with van der Waals surface area (Å²) >= 11 is 6.24. The smallest absolute Gasteiger partial charge is 0.230 e. The summed E-state index contributed by atoms with van der Waals surface area (Å²) in [6, 6.07) is 26.3. The minimum Gasteiger partial charge on any atom is -0.456 e. The molecule has 0 aromatic heterocycles. The van der Waals surface area contributed by atoms with Crippen LogP contribution in [0.2, 0.25) is 5.02 Å². The number of nitrogens with zero attached hydrogens (tertiary/aromatic N) is 1. The highest BCUT2D eigenvalue weighted by Gasteiger charge is 2.43. The topological polar surface area (TPSA) is 41.6 Å². The molecule has 0 spiro atoms. The van der Waals surface area contributed by atoms with Crippen LogP contribution in [0.1, 0.15) is 49.7 Å². The minimum absolute atomic E-state index is 0.226. The molecule has 5 heteroatoms. The van der Waals surface area contributed by atoms with E-state index in [0.29, 0.717) is 10.8 Å². The number of piperidine rings is 1. The van der Waals surface area contributed by atoms with Gasteiger partial charge in [-0.2, -0.15) is 0 Å². The summed E-state index contributed by atoms with van der Waals surface area (Å²) in [6.45, 7) is 2.81. The molecule has 1 heterocycles. The van der Waals surface area contributed by atoms with Crippen molar-refractivity contribution in [2.45, 2.75) is 56.5 Å². The summed E-state index contributed by atoms with van der Waals surface area (Å²) in [4.78, 5) is 15.9. The van der Waals surface area contributed by atoms with E-state index in [1.165, 1.54) is 11.1 Å². The number of nitrogens with one attached hydrogen (secondary N) is 1. The number of carbonyl (C=O) groups excluding carboxylic acids is 1. The highest BCUT2D eigenvalue weighted by molar-refractivity contribution is 6.32. The maximum absolute atomic E-state index is 13.5. The summed E-state index contributed by atoms with van der Waals surface area (Å²) < 4.78 is 6.00. The molecule has 0 unspecified atom stereocenters. The number of likely N-dealkylation sites (tertiary alicyclic amines) is 1. The Kier molecular flexibility index (Phi) is 7.40. The molecule has 35 heavy (non-hydrogen) atoms. The van der Waals surface area contributed by atoms with E-state index in [1.807, 2.05) is 42.5 Å². The molecule has 3 aromatic carbocycles. The number of hydrogen-bond acceptors (Lipinski definition) is 3. The summed E-state index contributed by atoms with van der Waals surface area (Å²) in [5.41, 5.74) is 2.04. The van der Waals surface area contributed by atoms with E-state index >= 15 is 0 Å². The Morgan fingerprint density at radius 3 is 2.40 bits per heavy atom. The summed E-state index contributed by atoms with van der Waals surface area (Å²) in [7, 11) is 0. The van der Waals surface area contributed by atoms with Gasteiger partial charge in [0.2, 0.25) is 5.91 Å². The Bertz CT molecular complexity index is 1140.